The summed E-state index contributed by atoms with van der Waals surface area (Å²) in [5.74, 6) is 4.08. The average Bonchev–Trinajstić information content (AvgIpc) is 3.33. The quantitative estimate of drug-likeness (QED) is 0.608. The molecule has 168 valence electrons. The highest BCUT2D eigenvalue weighted by atomic mass is 32.2. The fraction of sp³-hybridized carbons (Fsp3) is 0.682. The van der Waals surface area contributed by atoms with E-state index in [0.717, 1.165) is 43.2 Å². The van der Waals surface area contributed by atoms with Gasteiger partial charge in [0.05, 0.1) is 11.5 Å². The van der Waals surface area contributed by atoms with Crippen molar-refractivity contribution in [3.63, 3.8) is 0 Å². The third-order valence-corrected chi connectivity index (χ3v) is 8.25. The number of ether oxygens (including phenoxy) is 1. The molecule has 31 heavy (non-hydrogen) atoms. The molecule has 2 unspecified atom stereocenters. The largest absolute Gasteiger partial charge is 0.478 e. The van der Waals surface area contributed by atoms with E-state index in [-0.39, 0.29) is 4.90 Å². The Bertz CT molecular complexity index is 995. The summed E-state index contributed by atoms with van der Waals surface area (Å²) in [6.07, 6.45) is 10.8. The number of aromatic nitrogens is 3. The van der Waals surface area contributed by atoms with Gasteiger partial charge in [0.25, 0.3) is 0 Å². The van der Waals surface area contributed by atoms with E-state index in [2.05, 4.69) is 20.1 Å². The fourth-order valence-corrected chi connectivity index (χ4v) is 5.42. The van der Waals surface area contributed by atoms with Crippen LogP contribution < -0.4 is 9.64 Å². The van der Waals surface area contributed by atoms with Crippen LogP contribution in [-0.4, -0.2) is 49.6 Å². The summed E-state index contributed by atoms with van der Waals surface area (Å²) in [6.45, 7) is 2.61. The van der Waals surface area contributed by atoms with E-state index < -0.39 is 9.84 Å². The zero-order valence-electron chi connectivity index (χ0n) is 17.9. The standard InChI is InChI=1S/C22H30N4O4S/c1-31(27,28)18-5-6-20(23-14-18)29-12-9-17-13-19(17)15-7-10-26(11-8-15)22-25-24-21(30-22)16-3-2-4-16/h5-6,14-17,19H,2-4,7-13H2,1H3. The van der Waals surface area contributed by atoms with Gasteiger partial charge in [0.2, 0.25) is 11.8 Å². The number of nitrogens with zero attached hydrogens (tertiary/aromatic N) is 4. The Labute approximate surface area is 183 Å². The van der Waals surface area contributed by atoms with E-state index in [4.69, 9.17) is 9.15 Å². The SMILES string of the molecule is CS(=O)(=O)c1ccc(OCCC2CC2C2CCN(c3nnc(C4CCC4)o3)CC2)nc1. The molecule has 8 nitrogen and oxygen atoms in total. The lowest BCUT2D eigenvalue weighted by atomic mass is 9.85. The van der Waals surface area contributed by atoms with Crippen LogP contribution in [0.5, 0.6) is 5.88 Å². The second-order valence-electron chi connectivity index (χ2n) is 9.28. The molecule has 2 aromatic heterocycles. The van der Waals surface area contributed by atoms with Crippen molar-refractivity contribution in [2.75, 3.05) is 30.9 Å². The van der Waals surface area contributed by atoms with Crippen molar-refractivity contribution >= 4 is 15.9 Å². The minimum atomic E-state index is -3.22. The van der Waals surface area contributed by atoms with Crippen LogP contribution in [0.4, 0.5) is 6.01 Å². The van der Waals surface area contributed by atoms with E-state index in [9.17, 15) is 8.42 Å². The highest BCUT2D eigenvalue weighted by molar-refractivity contribution is 7.90. The summed E-state index contributed by atoms with van der Waals surface area (Å²) in [6, 6.07) is 3.88. The number of anilines is 1. The van der Waals surface area contributed by atoms with Crippen LogP contribution in [-0.2, 0) is 9.84 Å². The Morgan fingerprint density at radius 2 is 1.97 bits per heavy atom. The maximum atomic E-state index is 11.5. The van der Waals surface area contributed by atoms with Gasteiger partial charge in [0.15, 0.2) is 9.84 Å². The van der Waals surface area contributed by atoms with Gasteiger partial charge in [0, 0.05) is 37.5 Å². The number of sulfone groups is 1. The molecule has 0 bridgehead atoms. The van der Waals surface area contributed by atoms with Crippen molar-refractivity contribution in [2.24, 2.45) is 17.8 Å². The molecule has 1 saturated heterocycles. The molecule has 3 fully saturated rings. The number of hydrogen-bond donors (Lipinski definition) is 0. The first-order chi connectivity index (χ1) is 15.0. The molecule has 3 heterocycles. The Morgan fingerprint density at radius 3 is 2.61 bits per heavy atom. The molecular formula is C22H30N4O4S. The molecule has 2 atom stereocenters. The van der Waals surface area contributed by atoms with Crippen molar-refractivity contribution in [1.82, 2.24) is 15.2 Å². The van der Waals surface area contributed by atoms with Crippen LogP contribution in [0.25, 0.3) is 0 Å². The van der Waals surface area contributed by atoms with Gasteiger partial charge in [-0.3, -0.25) is 0 Å². The topological polar surface area (TPSA) is 98.4 Å². The zero-order chi connectivity index (χ0) is 21.4. The maximum absolute atomic E-state index is 11.5. The van der Waals surface area contributed by atoms with Crippen LogP contribution in [0, 0.1) is 17.8 Å². The monoisotopic (exact) mass is 446 g/mol. The van der Waals surface area contributed by atoms with Gasteiger partial charge in [-0.15, -0.1) is 5.10 Å². The highest BCUT2D eigenvalue weighted by Crippen LogP contribution is 2.50. The van der Waals surface area contributed by atoms with Gasteiger partial charge in [-0.25, -0.2) is 13.4 Å². The minimum Gasteiger partial charge on any atom is -0.478 e. The molecule has 0 aromatic carbocycles. The normalized spacial score (nSPS) is 24.7. The summed E-state index contributed by atoms with van der Waals surface area (Å²) in [5.41, 5.74) is 0. The van der Waals surface area contributed by atoms with Crippen molar-refractivity contribution in [1.29, 1.82) is 0 Å². The van der Waals surface area contributed by atoms with Crippen molar-refractivity contribution in [3.8, 4) is 5.88 Å². The number of hydrogen-bond acceptors (Lipinski definition) is 8. The molecule has 2 aromatic rings. The van der Waals surface area contributed by atoms with Gasteiger partial charge >= 0.3 is 6.01 Å². The lowest BCUT2D eigenvalue weighted by Gasteiger charge is -2.31. The maximum Gasteiger partial charge on any atom is 0.318 e. The molecule has 3 aliphatic rings. The molecule has 2 saturated carbocycles. The first kappa shape index (κ1) is 20.7. The van der Waals surface area contributed by atoms with Crippen LogP contribution in [0.15, 0.2) is 27.6 Å². The summed E-state index contributed by atoms with van der Waals surface area (Å²) < 4.78 is 34.6. The molecule has 0 N–H and O–H groups in total. The van der Waals surface area contributed by atoms with E-state index in [1.807, 2.05) is 0 Å². The smallest absolute Gasteiger partial charge is 0.318 e. The molecule has 0 amide bonds. The van der Waals surface area contributed by atoms with Gasteiger partial charge < -0.3 is 14.1 Å². The van der Waals surface area contributed by atoms with Crippen LogP contribution >= 0.6 is 0 Å². The number of piperidine rings is 1. The Hall–Kier alpha value is -2.16. The summed E-state index contributed by atoms with van der Waals surface area (Å²) in [7, 11) is -3.22. The predicted octanol–water partition coefficient (Wildman–Crippen LogP) is 3.46. The Balaban J connectivity index is 1.03. The third kappa shape index (κ3) is 4.71. The molecule has 9 heteroatoms. The van der Waals surface area contributed by atoms with Crippen molar-refractivity contribution in [2.45, 2.75) is 55.8 Å². The van der Waals surface area contributed by atoms with Gasteiger partial charge in [-0.2, -0.15) is 0 Å². The average molecular weight is 447 g/mol. The summed E-state index contributed by atoms with van der Waals surface area (Å²) in [4.78, 5) is 6.57. The van der Waals surface area contributed by atoms with Crippen LogP contribution in [0.1, 0.15) is 56.8 Å². The van der Waals surface area contributed by atoms with E-state index >= 15 is 0 Å². The van der Waals surface area contributed by atoms with Crippen molar-refractivity contribution < 1.29 is 17.6 Å². The van der Waals surface area contributed by atoms with Gasteiger partial charge in [-0.1, -0.05) is 11.5 Å². The fourth-order valence-electron chi connectivity index (χ4n) is 4.86. The number of pyridine rings is 1. The van der Waals surface area contributed by atoms with Gasteiger partial charge in [-0.05, 0) is 62.3 Å². The van der Waals surface area contributed by atoms with E-state index in [0.29, 0.717) is 24.4 Å². The zero-order valence-corrected chi connectivity index (χ0v) is 18.8. The molecule has 0 radical (unpaired) electrons. The molecule has 2 aliphatic carbocycles. The third-order valence-electron chi connectivity index (χ3n) is 7.15. The Kier molecular flexibility index (Phi) is 5.62. The molecule has 5 rings (SSSR count). The highest BCUT2D eigenvalue weighted by Gasteiger charge is 2.43. The van der Waals surface area contributed by atoms with Crippen LogP contribution in [0.2, 0.25) is 0 Å². The van der Waals surface area contributed by atoms with Crippen molar-refractivity contribution in [3.05, 3.63) is 24.2 Å². The minimum absolute atomic E-state index is 0.216. The number of rotatable bonds is 8. The molecule has 0 spiro atoms. The van der Waals surface area contributed by atoms with E-state index in [1.54, 1.807) is 12.1 Å². The summed E-state index contributed by atoms with van der Waals surface area (Å²) in [5, 5.41) is 8.54. The first-order valence-corrected chi connectivity index (χ1v) is 13.2. The second-order valence-corrected chi connectivity index (χ2v) is 11.3. The lowest BCUT2D eigenvalue weighted by Crippen LogP contribution is -2.34. The lowest BCUT2D eigenvalue weighted by molar-refractivity contribution is 0.274. The summed E-state index contributed by atoms with van der Waals surface area (Å²) >= 11 is 0. The second kappa shape index (κ2) is 8.41. The predicted molar refractivity (Wildman–Crippen MR) is 115 cm³/mol. The molecule has 1 aliphatic heterocycles. The van der Waals surface area contributed by atoms with E-state index in [1.165, 1.54) is 51.0 Å². The molecular weight excluding hydrogens is 416 g/mol. The van der Waals surface area contributed by atoms with Gasteiger partial charge in [0.1, 0.15) is 0 Å². The van der Waals surface area contributed by atoms with Crippen LogP contribution in [0.3, 0.4) is 0 Å². The first-order valence-electron chi connectivity index (χ1n) is 11.3. The Morgan fingerprint density at radius 1 is 1.16 bits per heavy atom.